The minimum Gasteiger partial charge on any atom is -0.388 e. The quantitative estimate of drug-likeness (QED) is 0.696. The van der Waals surface area contributed by atoms with Crippen LogP contribution in [0.1, 0.15) is 13.8 Å². The van der Waals surface area contributed by atoms with Crippen molar-refractivity contribution in [2.45, 2.75) is 25.6 Å². The van der Waals surface area contributed by atoms with E-state index in [1.54, 1.807) is 7.11 Å². The first-order valence-electron chi connectivity index (χ1n) is 5.61. The topological polar surface area (TPSA) is 29.5 Å². The van der Waals surface area contributed by atoms with Gasteiger partial charge < -0.3 is 9.84 Å². The normalized spacial score (nSPS) is 50.1. The lowest BCUT2D eigenvalue weighted by atomic mass is 9.77. The molecule has 0 spiro atoms. The number of fused-ring (bicyclic) bond motifs is 1. The molecular weight excluding hydrogens is 208 g/mol. The van der Waals surface area contributed by atoms with Crippen molar-refractivity contribution in [1.82, 2.24) is 0 Å². The van der Waals surface area contributed by atoms with Crippen LogP contribution in [0.5, 0.6) is 0 Å². The van der Waals surface area contributed by atoms with E-state index in [1.165, 1.54) is 0 Å². The summed E-state index contributed by atoms with van der Waals surface area (Å²) in [5.74, 6) is 2.79. The lowest BCUT2D eigenvalue weighted by Crippen LogP contribution is -2.48. The molecule has 0 saturated carbocycles. The largest absolute Gasteiger partial charge is 0.388 e. The number of hydrogen-bond donors (Lipinski definition) is 1. The third kappa shape index (κ3) is 1.75. The lowest BCUT2D eigenvalue weighted by Gasteiger charge is -2.37. The average molecular weight is 228 g/mol. The number of thioether (sulfide) groups is 1. The van der Waals surface area contributed by atoms with Crippen LogP contribution in [-0.4, -0.2) is 35.4 Å². The molecule has 0 bridgehead atoms. The van der Waals surface area contributed by atoms with Gasteiger partial charge in [-0.05, 0) is 0 Å². The number of ether oxygens (including phenoxy) is 1. The van der Waals surface area contributed by atoms with E-state index in [2.05, 4.69) is 26.0 Å². The molecule has 0 aromatic rings. The summed E-state index contributed by atoms with van der Waals surface area (Å²) in [5.41, 5.74) is -0.563. The van der Waals surface area contributed by atoms with Crippen molar-refractivity contribution in [3.05, 3.63) is 12.2 Å². The molecule has 0 aromatic heterocycles. The maximum Gasteiger partial charge on any atom is 0.0858 e. The Morgan fingerprint density at radius 3 is 2.80 bits per heavy atom. The first kappa shape index (κ1) is 11.5. The van der Waals surface area contributed by atoms with Crippen LogP contribution >= 0.6 is 11.8 Å². The maximum atomic E-state index is 10.7. The standard InChI is InChI=1S/C12H20O2S/c1-8-4-5-10-6-15-7-12(10,13)9(2)11(8)14-3/h4-5,8-11,13H,6-7H2,1-3H3/t8-,9-,10+,11-,12+/m0/s1. The summed E-state index contributed by atoms with van der Waals surface area (Å²) in [6.07, 6.45) is 4.54. The Morgan fingerprint density at radius 1 is 1.40 bits per heavy atom. The van der Waals surface area contributed by atoms with E-state index in [0.29, 0.717) is 11.8 Å². The average Bonchev–Trinajstić information content (AvgIpc) is 2.55. The van der Waals surface area contributed by atoms with Crippen LogP contribution in [0.25, 0.3) is 0 Å². The van der Waals surface area contributed by atoms with Crippen LogP contribution in [0.2, 0.25) is 0 Å². The fourth-order valence-corrected chi connectivity index (χ4v) is 4.44. The van der Waals surface area contributed by atoms with E-state index in [1.807, 2.05) is 11.8 Å². The van der Waals surface area contributed by atoms with Crippen LogP contribution in [0, 0.1) is 17.8 Å². The summed E-state index contributed by atoms with van der Waals surface area (Å²) in [6, 6.07) is 0. The van der Waals surface area contributed by atoms with Crippen LogP contribution in [-0.2, 0) is 4.74 Å². The van der Waals surface area contributed by atoms with E-state index < -0.39 is 5.60 Å². The van der Waals surface area contributed by atoms with E-state index in [9.17, 15) is 5.11 Å². The van der Waals surface area contributed by atoms with Crippen molar-refractivity contribution in [3.63, 3.8) is 0 Å². The number of rotatable bonds is 1. The molecule has 0 unspecified atom stereocenters. The number of hydrogen-bond acceptors (Lipinski definition) is 3. The third-order valence-corrected chi connectivity index (χ3v) is 5.25. The van der Waals surface area contributed by atoms with Crippen LogP contribution in [0.3, 0.4) is 0 Å². The highest BCUT2D eigenvalue weighted by Crippen LogP contribution is 2.44. The van der Waals surface area contributed by atoms with Crippen molar-refractivity contribution in [2.75, 3.05) is 18.6 Å². The molecule has 5 atom stereocenters. The molecule has 3 heteroatoms. The van der Waals surface area contributed by atoms with Gasteiger partial charge in [-0.1, -0.05) is 26.0 Å². The Hall–Kier alpha value is 0.01000. The monoisotopic (exact) mass is 228 g/mol. The van der Waals surface area contributed by atoms with Crippen molar-refractivity contribution in [3.8, 4) is 0 Å². The highest BCUT2D eigenvalue weighted by molar-refractivity contribution is 7.99. The minimum atomic E-state index is -0.563. The third-order valence-electron chi connectivity index (χ3n) is 3.99. The SMILES string of the molecule is CO[C@H]1[C@@H](C)C=C[C@@H]2CSC[C@@]2(O)[C@H]1C. The van der Waals surface area contributed by atoms with E-state index in [4.69, 9.17) is 4.74 Å². The Kier molecular flexibility index (Phi) is 3.15. The second-order valence-corrected chi connectivity index (χ2v) is 5.88. The van der Waals surface area contributed by atoms with Gasteiger partial charge in [-0.3, -0.25) is 0 Å². The molecule has 15 heavy (non-hydrogen) atoms. The van der Waals surface area contributed by atoms with Gasteiger partial charge in [-0.2, -0.15) is 11.8 Å². The van der Waals surface area contributed by atoms with Crippen molar-refractivity contribution < 1.29 is 9.84 Å². The molecule has 1 saturated heterocycles. The maximum absolute atomic E-state index is 10.7. The van der Waals surface area contributed by atoms with Crippen molar-refractivity contribution >= 4 is 11.8 Å². The van der Waals surface area contributed by atoms with E-state index >= 15 is 0 Å². The van der Waals surface area contributed by atoms with Gasteiger partial charge in [-0.25, -0.2) is 0 Å². The fourth-order valence-electron chi connectivity index (χ4n) is 2.87. The minimum absolute atomic E-state index is 0.134. The molecule has 2 nitrogen and oxygen atoms in total. The fraction of sp³-hybridized carbons (Fsp3) is 0.833. The Morgan fingerprint density at radius 2 is 2.13 bits per heavy atom. The summed E-state index contributed by atoms with van der Waals surface area (Å²) in [5, 5.41) is 10.7. The van der Waals surface area contributed by atoms with Crippen LogP contribution in [0.4, 0.5) is 0 Å². The summed E-state index contributed by atoms with van der Waals surface area (Å²) < 4.78 is 5.55. The predicted molar refractivity (Wildman–Crippen MR) is 64.0 cm³/mol. The van der Waals surface area contributed by atoms with Gasteiger partial charge in [0.2, 0.25) is 0 Å². The van der Waals surface area contributed by atoms with Gasteiger partial charge in [0.1, 0.15) is 0 Å². The summed E-state index contributed by atoms with van der Waals surface area (Å²) >= 11 is 1.85. The molecular formula is C12H20O2S. The van der Waals surface area contributed by atoms with Crippen LogP contribution < -0.4 is 0 Å². The highest BCUT2D eigenvalue weighted by atomic mass is 32.2. The molecule has 86 valence electrons. The first-order chi connectivity index (χ1) is 7.09. The zero-order valence-corrected chi connectivity index (χ0v) is 10.5. The molecule has 1 aliphatic heterocycles. The van der Waals surface area contributed by atoms with Crippen LogP contribution in [0.15, 0.2) is 12.2 Å². The summed E-state index contributed by atoms with van der Waals surface area (Å²) in [7, 11) is 1.75. The molecule has 0 amide bonds. The highest BCUT2D eigenvalue weighted by Gasteiger charge is 2.49. The van der Waals surface area contributed by atoms with E-state index in [-0.39, 0.29) is 12.0 Å². The Bertz CT molecular complexity index is 266. The van der Waals surface area contributed by atoms with Gasteiger partial charge in [-0.15, -0.1) is 0 Å². The zero-order chi connectivity index (χ0) is 11.1. The summed E-state index contributed by atoms with van der Waals surface area (Å²) in [4.78, 5) is 0. The Labute approximate surface area is 96.1 Å². The molecule has 1 N–H and O–H groups in total. The Balaban J connectivity index is 2.31. The predicted octanol–water partition coefficient (Wildman–Crippen LogP) is 1.94. The van der Waals surface area contributed by atoms with Gasteiger partial charge in [0.25, 0.3) is 0 Å². The number of methoxy groups -OCH3 is 1. The van der Waals surface area contributed by atoms with Gasteiger partial charge in [0.15, 0.2) is 0 Å². The molecule has 0 aromatic carbocycles. The summed E-state index contributed by atoms with van der Waals surface area (Å²) in [6.45, 7) is 4.29. The second kappa shape index (κ2) is 4.11. The first-order valence-corrected chi connectivity index (χ1v) is 6.76. The number of aliphatic hydroxyl groups is 1. The van der Waals surface area contributed by atoms with Crippen molar-refractivity contribution in [1.29, 1.82) is 0 Å². The molecule has 2 aliphatic rings. The lowest BCUT2D eigenvalue weighted by molar-refractivity contribution is -0.0830. The van der Waals surface area contributed by atoms with E-state index in [0.717, 1.165) is 11.5 Å². The van der Waals surface area contributed by atoms with Gasteiger partial charge in [0, 0.05) is 36.4 Å². The second-order valence-electron chi connectivity index (χ2n) is 4.85. The zero-order valence-electron chi connectivity index (χ0n) is 9.64. The smallest absolute Gasteiger partial charge is 0.0858 e. The van der Waals surface area contributed by atoms with Gasteiger partial charge in [0.05, 0.1) is 11.7 Å². The van der Waals surface area contributed by atoms with Crippen molar-refractivity contribution in [2.24, 2.45) is 17.8 Å². The molecule has 1 heterocycles. The molecule has 1 aliphatic carbocycles. The van der Waals surface area contributed by atoms with Gasteiger partial charge >= 0.3 is 0 Å². The molecule has 1 fully saturated rings. The molecule has 2 rings (SSSR count). The molecule has 0 radical (unpaired) electrons.